The van der Waals surface area contributed by atoms with Gasteiger partial charge >= 0.3 is 6.03 Å². The van der Waals surface area contributed by atoms with E-state index < -0.39 is 36.6 Å². The number of fused-ring (bicyclic) bond motifs is 7. The first-order valence-corrected chi connectivity index (χ1v) is 18.2. The number of carbonyl (C=O) groups is 2. The minimum atomic E-state index is -1.29. The number of alkyl halides is 2. The SMILES string of the molecule is C=CC(=O)N1CCN(C2NC(=O)N3C4NC(C(F)CC42)C2C(F)CCCC2N2C=C(CCNC4CCCC(C(C)C)C43)NN2)[C@@H](C)C1. The Bertz CT molecular complexity index is 1220. The first-order chi connectivity index (χ1) is 22.7. The Morgan fingerprint density at radius 2 is 1.89 bits per heavy atom. The van der Waals surface area contributed by atoms with Gasteiger partial charge in [-0.3, -0.25) is 20.0 Å². The summed E-state index contributed by atoms with van der Waals surface area (Å²) in [6.07, 6.45) is 6.08. The number of hydrogen-bond donors (Lipinski definition) is 5. The lowest BCUT2D eigenvalue weighted by atomic mass is 9.70. The number of urea groups is 1. The van der Waals surface area contributed by atoms with Gasteiger partial charge < -0.3 is 25.9 Å². The Labute approximate surface area is 278 Å². The molecule has 0 spiro atoms. The average molecular weight is 660 g/mol. The van der Waals surface area contributed by atoms with Gasteiger partial charge in [0.15, 0.2) is 0 Å². The van der Waals surface area contributed by atoms with E-state index in [4.69, 9.17) is 0 Å². The molecule has 3 saturated heterocycles. The van der Waals surface area contributed by atoms with Crippen molar-refractivity contribution < 1.29 is 18.4 Å². The third-order valence-corrected chi connectivity index (χ3v) is 12.5. The van der Waals surface area contributed by atoms with Gasteiger partial charge in [0.05, 0.1) is 24.4 Å². The number of hydrazine groups is 2. The molecule has 0 aromatic rings. The van der Waals surface area contributed by atoms with Crippen molar-refractivity contribution in [2.45, 2.75) is 127 Å². The second-order valence-corrected chi connectivity index (χ2v) is 15.5. The molecule has 12 atom stereocenters. The minimum Gasteiger partial charge on any atom is -0.336 e. The predicted octanol–water partition coefficient (Wildman–Crippen LogP) is 2.56. The molecule has 11 nitrogen and oxygen atoms in total. The van der Waals surface area contributed by atoms with Gasteiger partial charge in [-0.2, -0.15) is 0 Å². The van der Waals surface area contributed by atoms with Crippen LogP contribution >= 0.6 is 0 Å². The molecule has 7 aliphatic rings. The molecule has 5 N–H and O–H groups in total. The molecule has 0 aromatic carbocycles. The molecule has 0 radical (unpaired) electrons. The summed E-state index contributed by atoms with van der Waals surface area (Å²) in [5, 5.41) is 12.9. The van der Waals surface area contributed by atoms with E-state index in [1.165, 1.54) is 6.08 Å². The van der Waals surface area contributed by atoms with Crippen LogP contribution in [0.4, 0.5) is 13.6 Å². The molecule has 47 heavy (non-hydrogen) atoms. The maximum atomic E-state index is 16.9. The largest absolute Gasteiger partial charge is 0.336 e. The van der Waals surface area contributed by atoms with E-state index >= 15 is 8.78 Å². The van der Waals surface area contributed by atoms with E-state index in [1.807, 2.05) is 16.1 Å². The first kappa shape index (κ1) is 33.0. The number of rotatable bonds is 3. The van der Waals surface area contributed by atoms with Gasteiger partial charge in [0.1, 0.15) is 12.3 Å². The normalized spacial score (nSPS) is 42.8. The lowest BCUT2D eigenvalue weighted by Crippen LogP contribution is -2.80. The van der Waals surface area contributed by atoms with Crippen molar-refractivity contribution in [3.8, 4) is 0 Å². The maximum absolute atomic E-state index is 16.9. The van der Waals surface area contributed by atoms with Crippen LogP contribution in [-0.4, -0.2) is 113 Å². The zero-order valence-electron chi connectivity index (χ0n) is 28.2. The van der Waals surface area contributed by atoms with Crippen molar-refractivity contribution in [2.75, 3.05) is 26.2 Å². The summed E-state index contributed by atoms with van der Waals surface area (Å²) in [6, 6.07) is -1.15. The van der Waals surface area contributed by atoms with Gasteiger partial charge in [0.2, 0.25) is 5.91 Å². The molecule has 5 aliphatic heterocycles. The summed E-state index contributed by atoms with van der Waals surface area (Å²) in [6.45, 7) is 12.6. The molecule has 13 heteroatoms. The Morgan fingerprint density at radius 3 is 2.66 bits per heavy atom. The van der Waals surface area contributed by atoms with Crippen LogP contribution in [-0.2, 0) is 4.79 Å². The molecule has 3 amide bonds. The number of piperidine rings is 1. The molecule has 5 fully saturated rings. The summed E-state index contributed by atoms with van der Waals surface area (Å²) in [4.78, 5) is 33.1. The minimum absolute atomic E-state index is 0.0426. The van der Waals surface area contributed by atoms with Gasteiger partial charge in [0.25, 0.3) is 0 Å². The van der Waals surface area contributed by atoms with Crippen molar-refractivity contribution in [1.29, 1.82) is 0 Å². The molecular weight excluding hydrogens is 604 g/mol. The van der Waals surface area contributed by atoms with E-state index in [0.29, 0.717) is 32.0 Å². The quantitative estimate of drug-likeness (QED) is 0.295. The zero-order chi connectivity index (χ0) is 33.0. The van der Waals surface area contributed by atoms with Crippen molar-refractivity contribution in [2.24, 2.45) is 23.7 Å². The molecule has 7 rings (SSSR count). The predicted molar refractivity (Wildman–Crippen MR) is 175 cm³/mol. The number of nitrogens with one attached hydrogen (secondary N) is 5. The van der Waals surface area contributed by atoms with Gasteiger partial charge in [-0.25, -0.2) is 13.6 Å². The van der Waals surface area contributed by atoms with E-state index in [9.17, 15) is 9.59 Å². The Hall–Kier alpha value is -2.48. The number of piperazine rings is 1. The van der Waals surface area contributed by atoms with Gasteiger partial charge in [-0.15, -0.1) is 5.53 Å². The summed E-state index contributed by atoms with van der Waals surface area (Å²) < 4.78 is 33.0. The van der Waals surface area contributed by atoms with Crippen molar-refractivity contribution >= 4 is 11.9 Å². The van der Waals surface area contributed by atoms with Crippen LogP contribution < -0.4 is 26.9 Å². The van der Waals surface area contributed by atoms with Gasteiger partial charge in [-0.05, 0) is 63.4 Å². The van der Waals surface area contributed by atoms with Crippen LogP contribution in [0.2, 0.25) is 0 Å². The highest BCUT2D eigenvalue weighted by atomic mass is 19.1. The average Bonchev–Trinajstić information content (AvgIpc) is 3.52. The molecule has 2 saturated carbocycles. The molecule has 262 valence electrons. The molecule has 11 unspecified atom stereocenters. The lowest BCUT2D eigenvalue weighted by molar-refractivity contribution is -0.132. The van der Waals surface area contributed by atoms with Crippen LogP contribution in [0.15, 0.2) is 24.6 Å². The third kappa shape index (κ3) is 6.03. The zero-order valence-corrected chi connectivity index (χ0v) is 28.2. The number of halogens is 2. The summed E-state index contributed by atoms with van der Waals surface area (Å²) in [7, 11) is 0. The van der Waals surface area contributed by atoms with E-state index in [-0.39, 0.29) is 54.4 Å². The fourth-order valence-electron chi connectivity index (χ4n) is 10.3. The van der Waals surface area contributed by atoms with Gasteiger partial charge in [0, 0.05) is 74.5 Å². The highest BCUT2D eigenvalue weighted by Crippen LogP contribution is 2.44. The number of hydrogen-bond acceptors (Lipinski definition) is 8. The van der Waals surface area contributed by atoms with Crippen LogP contribution in [0, 0.1) is 23.7 Å². The lowest BCUT2D eigenvalue weighted by Gasteiger charge is -2.60. The molecule has 0 aromatic heterocycles. The first-order valence-electron chi connectivity index (χ1n) is 18.2. The summed E-state index contributed by atoms with van der Waals surface area (Å²) >= 11 is 0. The molecule has 4 bridgehead atoms. The fraction of sp³-hybridized carbons (Fsp3) is 0.824. The highest BCUT2D eigenvalue weighted by Gasteiger charge is 2.58. The second-order valence-electron chi connectivity index (χ2n) is 15.5. The highest BCUT2D eigenvalue weighted by molar-refractivity contribution is 5.87. The van der Waals surface area contributed by atoms with Crippen molar-refractivity contribution in [1.82, 2.24) is 46.6 Å². The monoisotopic (exact) mass is 659 g/mol. The van der Waals surface area contributed by atoms with Crippen LogP contribution in [0.3, 0.4) is 0 Å². The Kier molecular flexibility index (Phi) is 9.45. The number of amides is 3. The van der Waals surface area contributed by atoms with Crippen LogP contribution in [0.1, 0.15) is 72.1 Å². The van der Waals surface area contributed by atoms with E-state index in [0.717, 1.165) is 50.8 Å². The van der Waals surface area contributed by atoms with Crippen molar-refractivity contribution in [3.63, 3.8) is 0 Å². The number of carbonyl (C=O) groups excluding carboxylic acids is 2. The fourth-order valence-corrected chi connectivity index (χ4v) is 10.3. The molecule has 2 aliphatic carbocycles. The number of nitrogens with zero attached hydrogens (tertiary/aromatic N) is 4. The van der Waals surface area contributed by atoms with Crippen LogP contribution in [0.25, 0.3) is 0 Å². The Balaban J connectivity index is 1.28. The van der Waals surface area contributed by atoms with Gasteiger partial charge in [-0.1, -0.05) is 26.8 Å². The van der Waals surface area contributed by atoms with E-state index in [2.05, 4.69) is 59.2 Å². The Morgan fingerprint density at radius 1 is 1.09 bits per heavy atom. The standard InChI is InChI=1S/C34H55F2N9O2/c1-5-28(46)42-14-15-43(20(4)17-42)32-23-16-25(36)30-29-24(35)9-7-11-27(29)44-18-21(40-41-44)12-13-37-26-10-6-8-22(19(2)3)31(26)45(33(23)38-30)34(47)39-32/h5,18-20,22-27,29-33,37-38,40-41H,1,6-17H2,2-4H3,(H,39,47)/t20-,22?,23?,24?,25?,26?,27?,29?,30?,31?,32?,33?/m0/s1. The summed E-state index contributed by atoms with van der Waals surface area (Å²) in [5.74, 6) is -0.317. The van der Waals surface area contributed by atoms with E-state index in [1.54, 1.807) is 4.90 Å². The topological polar surface area (TPSA) is 107 Å². The smallest absolute Gasteiger partial charge is 0.320 e. The molecule has 5 heterocycles. The third-order valence-electron chi connectivity index (χ3n) is 12.5. The van der Waals surface area contributed by atoms with Crippen LogP contribution in [0.5, 0.6) is 0 Å². The summed E-state index contributed by atoms with van der Waals surface area (Å²) in [5.41, 5.74) is 7.58. The van der Waals surface area contributed by atoms with Crippen molar-refractivity contribution in [3.05, 3.63) is 24.6 Å². The molecular formula is C34H55F2N9O2. The maximum Gasteiger partial charge on any atom is 0.320 e. The second kappa shape index (κ2) is 13.4.